The number of thioether (sulfide) groups is 1. The maximum atomic E-state index is 12.5. The number of hydrogen-bond donors (Lipinski definition) is 1. The van der Waals surface area contributed by atoms with Crippen molar-refractivity contribution in [2.75, 3.05) is 11.6 Å². The molecule has 0 fully saturated rings. The lowest BCUT2D eigenvalue weighted by atomic mass is 10.1. The fraction of sp³-hybridized carbons (Fsp3) is 0.0500. The number of benzene rings is 2. The summed E-state index contributed by atoms with van der Waals surface area (Å²) in [6.07, 6.45) is 5.60. The van der Waals surface area contributed by atoms with Crippen molar-refractivity contribution in [1.29, 1.82) is 0 Å². The number of anilines is 1. The highest BCUT2D eigenvalue weighted by molar-refractivity contribution is 7.98. The maximum Gasteiger partial charge on any atom is 0.336 e. The van der Waals surface area contributed by atoms with E-state index < -0.39 is 5.63 Å². The van der Waals surface area contributed by atoms with Gasteiger partial charge in [0.15, 0.2) is 5.16 Å². The molecule has 2 aromatic heterocycles. The number of nitrogens with zero attached hydrogens (tertiary/aromatic N) is 2. The molecule has 4 rings (SSSR count). The lowest BCUT2D eigenvalue weighted by Crippen LogP contribution is -2.12. The summed E-state index contributed by atoms with van der Waals surface area (Å²) in [6, 6.07) is 15.5. The third-order valence-electron chi connectivity index (χ3n) is 4.07. The van der Waals surface area contributed by atoms with Crippen molar-refractivity contribution in [3.05, 3.63) is 83.0 Å². The maximum absolute atomic E-state index is 12.5. The van der Waals surface area contributed by atoms with Crippen LogP contribution in [0, 0.1) is 0 Å². The van der Waals surface area contributed by atoms with Crippen molar-refractivity contribution in [3.8, 4) is 5.69 Å². The standard InChI is InChI=1S/C20H15N3O3S/c1-27-20-21-10-11-23(20)16-6-2-13(3-7-16)19(25)22-15-5-8-17-14(12-15)4-9-18(24)26-17/h2-12H,1H3,(H,22,25). The summed E-state index contributed by atoms with van der Waals surface area (Å²) in [6.45, 7) is 0. The van der Waals surface area contributed by atoms with E-state index in [0.29, 0.717) is 16.8 Å². The first-order valence-electron chi connectivity index (χ1n) is 8.17. The molecule has 0 saturated carbocycles. The number of imidazole rings is 1. The Labute approximate surface area is 158 Å². The van der Waals surface area contributed by atoms with Crippen molar-refractivity contribution < 1.29 is 9.21 Å². The summed E-state index contributed by atoms with van der Waals surface area (Å²) < 4.78 is 7.06. The van der Waals surface area contributed by atoms with Gasteiger partial charge in [0.2, 0.25) is 0 Å². The van der Waals surface area contributed by atoms with Gasteiger partial charge < -0.3 is 9.73 Å². The minimum atomic E-state index is -0.401. The van der Waals surface area contributed by atoms with E-state index in [1.165, 1.54) is 6.07 Å². The molecule has 0 bridgehead atoms. The van der Waals surface area contributed by atoms with Crippen LogP contribution in [-0.4, -0.2) is 21.7 Å². The largest absolute Gasteiger partial charge is 0.423 e. The van der Waals surface area contributed by atoms with Gasteiger partial charge in [-0.3, -0.25) is 9.36 Å². The van der Waals surface area contributed by atoms with E-state index in [2.05, 4.69) is 10.3 Å². The normalized spacial score (nSPS) is 10.9. The lowest BCUT2D eigenvalue weighted by molar-refractivity contribution is 0.102. The third kappa shape index (κ3) is 3.50. The van der Waals surface area contributed by atoms with Crippen LogP contribution < -0.4 is 10.9 Å². The molecule has 134 valence electrons. The van der Waals surface area contributed by atoms with Crippen LogP contribution in [0.25, 0.3) is 16.7 Å². The summed E-state index contributed by atoms with van der Waals surface area (Å²) in [5, 5.41) is 4.49. The molecule has 1 amide bonds. The van der Waals surface area contributed by atoms with Crippen LogP contribution >= 0.6 is 11.8 Å². The van der Waals surface area contributed by atoms with Crippen molar-refractivity contribution in [3.63, 3.8) is 0 Å². The molecule has 0 radical (unpaired) electrons. The zero-order valence-electron chi connectivity index (χ0n) is 14.4. The Morgan fingerprint density at radius 2 is 1.93 bits per heavy atom. The highest BCUT2D eigenvalue weighted by Gasteiger charge is 2.09. The number of hydrogen-bond acceptors (Lipinski definition) is 5. The van der Waals surface area contributed by atoms with Gasteiger partial charge in [0, 0.05) is 40.8 Å². The van der Waals surface area contributed by atoms with Gasteiger partial charge >= 0.3 is 5.63 Å². The SMILES string of the molecule is CSc1nccn1-c1ccc(C(=O)Nc2ccc3oc(=O)ccc3c2)cc1. The molecule has 0 aliphatic rings. The number of carbonyl (C=O) groups is 1. The number of fused-ring (bicyclic) bond motifs is 1. The molecule has 0 spiro atoms. The number of nitrogens with one attached hydrogen (secondary N) is 1. The van der Waals surface area contributed by atoms with Crippen LogP contribution in [-0.2, 0) is 0 Å². The van der Waals surface area contributed by atoms with Crippen LogP contribution in [0.2, 0.25) is 0 Å². The fourth-order valence-electron chi connectivity index (χ4n) is 2.76. The number of amides is 1. The van der Waals surface area contributed by atoms with E-state index >= 15 is 0 Å². The molecular weight excluding hydrogens is 362 g/mol. The van der Waals surface area contributed by atoms with Gasteiger partial charge in [0.05, 0.1) is 0 Å². The van der Waals surface area contributed by atoms with Crippen molar-refractivity contribution in [2.24, 2.45) is 0 Å². The van der Waals surface area contributed by atoms with Gasteiger partial charge in [-0.05, 0) is 54.8 Å². The molecule has 0 aliphatic carbocycles. The average molecular weight is 377 g/mol. The van der Waals surface area contributed by atoms with Crippen molar-refractivity contribution in [1.82, 2.24) is 9.55 Å². The predicted molar refractivity (Wildman–Crippen MR) is 106 cm³/mol. The summed E-state index contributed by atoms with van der Waals surface area (Å²) in [5.41, 5.74) is 2.19. The summed E-state index contributed by atoms with van der Waals surface area (Å²) in [4.78, 5) is 28.0. The predicted octanol–water partition coefficient (Wildman–Crippen LogP) is 3.95. The van der Waals surface area contributed by atoms with Crippen LogP contribution in [0.3, 0.4) is 0 Å². The first kappa shape index (κ1) is 17.1. The van der Waals surface area contributed by atoms with Gasteiger partial charge in [-0.2, -0.15) is 0 Å². The Kier molecular flexibility index (Phi) is 4.52. The number of rotatable bonds is 4. The molecule has 2 aromatic carbocycles. The molecule has 4 aromatic rings. The average Bonchev–Trinajstić information content (AvgIpc) is 3.17. The van der Waals surface area contributed by atoms with E-state index in [1.807, 2.05) is 29.2 Å². The third-order valence-corrected chi connectivity index (χ3v) is 4.74. The molecular formula is C20H15N3O3S. The zero-order valence-corrected chi connectivity index (χ0v) is 15.2. The van der Waals surface area contributed by atoms with E-state index in [9.17, 15) is 9.59 Å². The van der Waals surface area contributed by atoms with Gasteiger partial charge in [-0.25, -0.2) is 9.78 Å². The highest BCUT2D eigenvalue weighted by atomic mass is 32.2. The summed E-state index contributed by atoms with van der Waals surface area (Å²) >= 11 is 1.56. The minimum Gasteiger partial charge on any atom is -0.423 e. The Morgan fingerprint density at radius 1 is 1.11 bits per heavy atom. The van der Waals surface area contributed by atoms with E-state index in [4.69, 9.17) is 4.42 Å². The molecule has 7 heteroatoms. The second-order valence-electron chi connectivity index (χ2n) is 5.79. The smallest absolute Gasteiger partial charge is 0.336 e. The fourth-order valence-corrected chi connectivity index (χ4v) is 3.29. The molecule has 27 heavy (non-hydrogen) atoms. The number of aromatic nitrogens is 2. The van der Waals surface area contributed by atoms with Crippen LogP contribution in [0.1, 0.15) is 10.4 Å². The first-order chi connectivity index (χ1) is 13.1. The van der Waals surface area contributed by atoms with Crippen molar-refractivity contribution >= 4 is 34.3 Å². The Hall–Kier alpha value is -3.32. The monoisotopic (exact) mass is 377 g/mol. The highest BCUT2D eigenvalue weighted by Crippen LogP contribution is 2.20. The van der Waals surface area contributed by atoms with Crippen LogP contribution in [0.4, 0.5) is 5.69 Å². The topological polar surface area (TPSA) is 77.1 Å². The van der Waals surface area contributed by atoms with Gasteiger partial charge in [0.1, 0.15) is 5.58 Å². The quantitative estimate of drug-likeness (QED) is 0.430. The second kappa shape index (κ2) is 7.13. The molecule has 0 unspecified atom stereocenters. The molecule has 0 aliphatic heterocycles. The Balaban J connectivity index is 1.54. The molecule has 2 heterocycles. The van der Waals surface area contributed by atoms with E-state index in [0.717, 1.165) is 16.2 Å². The lowest BCUT2D eigenvalue weighted by Gasteiger charge is -2.09. The van der Waals surface area contributed by atoms with Crippen LogP contribution in [0.15, 0.2) is 81.4 Å². The van der Waals surface area contributed by atoms with E-state index in [-0.39, 0.29) is 5.91 Å². The summed E-state index contributed by atoms with van der Waals surface area (Å²) in [7, 11) is 0. The van der Waals surface area contributed by atoms with Gasteiger partial charge in [0.25, 0.3) is 5.91 Å². The first-order valence-corrected chi connectivity index (χ1v) is 9.39. The Morgan fingerprint density at radius 3 is 2.70 bits per heavy atom. The molecule has 0 saturated heterocycles. The second-order valence-corrected chi connectivity index (χ2v) is 6.57. The molecule has 0 atom stereocenters. The van der Waals surface area contributed by atoms with Gasteiger partial charge in [-0.1, -0.05) is 11.8 Å². The number of carbonyl (C=O) groups excluding carboxylic acids is 1. The molecule has 1 N–H and O–H groups in total. The van der Waals surface area contributed by atoms with Crippen LogP contribution in [0.5, 0.6) is 0 Å². The van der Waals surface area contributed by atoms with Crippen molar-refractivity contribution in [2.45, 2.75) is 5.16 Å². The summed E-state index contributed by atoms with van der Waals surface area (Å²) in [5.74, 6) is -0.214. The Bertz CT molecular complexity index is 1180. The van der Waals surface area contributed by atoms with Gasteiger partial charge in [-0.15, -0.1) is 0 Å². The molecule has 6 nitrogen and oxygen atoms in total. The minimum absolute atomic E-state index is 0.214. The van der Waals surface area contributed by atoms with E-state index in [1.54, 1.807) is 54.4 Å². The zero-order chi connectivity index (χ0) is 18.8.